The Hall–Kier alpha value is -3.87. The van der Waals surface area contributed by atoms with E-state index in [1.807, 2.05) is 80.6 Å². The number of aryl methyl sites for hydroxylation is 1. The first-order valence-corrected chi connectivity index (χ1v) is 14.2. The fourth-order valence-corrected chi connectivity index (χ4v) is 4.83. The number of hydrogen-bond acceptors (Lipinski definition) is 4. The smallest absolute Gasteiger partial charge is 0.408 e. The summed E-state index contributed by atoms with van der Waals surface area (Å²) >= 11 is 0. The van der Waals surface area contributed by atoms with Gasteiger partial charge >= 0.3 is 6.09 Å². The largest absolute Gasteiger partial charge is 0.444 e. The van der Waals surface area contributed by atoms with E-state index in [0.29, 0.717) is 5.69 Å². The van der Waals surface area contributed by atoms with E-state index in [1.54, 1.807) is 25.7 Å². The topological polar surface area (TPSA) is 87.7 Å². The van der Waals surface area contributed by atoms with E-state index in [9.17, 15) is 14.4 Å². The first kappa shape index (κ1) is 29.1. The van der Waals surface area contributed by atoms with Gasteiger partial charge in [0.05, 0.1) is 0 Å². The maximum Gasteiger partial charge on any atom is 0.408 e. The summed E-state index contributed by atoms with van der Waals surface area (Å²) in [6.45, 7) is 11.2. The average Bonchev–Trinajstić information content (AvgIpc) is 3.74. The zero-order valence-corrected chi connectivity index (χ0v) is 24.4. The fourth-order valence-electron chi connectivity index (χ4n) is 4.83. The van der Waals surface area contributed by atoms with Crippen LogP contribution in [0.1, 0.15) is 71.6 Å². The second kappa shape index (κ2) is 12.1. The van der Waals surface area contributed by atoms with E-state index >= 15 is 0 Å². The third-order valence-corrected chi connectivity index (χ3v) is 7.05. The summed E-state index contributed by atoms with van der Waals surface area (Å²) in [6, 6.07) is 19.8. The number of hydrogen-bond donors (Lipinski definition) is 2. The molecule has 3 aromatic carbocycles. The number of alkyl carbamates (subject to hydrolysis) is 1. The third-order valence-electron chi connectivity index (χ3n) is 7.05. The zero-order chi connectivity index (χ0) is 29.0. The van der Waals surface area contributed by atoms with Crippen molar-refractivity contribution in [2.45, 2.75) is 84.5 Å². The lowest BCUT2D eigenvalue weighted by Crippen LogP contribution is -2.55. The summed E-state index contributed by atoms with van der Waals surface area (Å²) in [6.07, 6.45) is 1.82. The van der Waals surface area contributed by atoms with Crippen LogP contribution in [-0.2, 0) is 20.7 Å². The molecule has 7 heteroatoms. The van der Waals surface area contributed by atoms with Crippen LogP contribution in [0, 0.1) is 5.92 Å². The lowest BCUT2D eigenvalue weighted by atomic mass is 9.97. The van der Waals surface area contributed by atoms with Crippen molar-refractivity contribution in [3.8, 4) is 0 Å². The number of nitrogens with one attached hydrogen (secondary N) is 2. The van der Waals surface area contributed by atoms with Crippen molar-refractivity contribution in [3.63, 3.8) is 0 Å². The normalized spacial score (nSPS) is 14.9. The Balaban J connectivity index is 1.69. The Morgan fingerprint density at radius 1 is 0.950 bits per heavy atom. The number of benzene rings is 3. The summed E-state index contributed by atoms with van der Waals surface area (Å²) in [4.78, 5) is 42.7. The molecule has 40 heavy (non-hydrogen) atoms. The van der Waals surface area contributed by atoms with Crippen LogP contribution in [0.4, 0.5) is 10.5 Å². The third kappa shape index (κ3) is 7.20. The van der Waals surface area contributed by atoms with Crippen molar-refractivity contribution < 1.29 is 19.1 Å². The molecule has 2 atom stereocenters. The van der Waals surface area contributed by atoms with Crippen LogP contribution in [0.5, 0.6) is 0 Å². The van der Waals surface area contributed by atoms with E-state index in [1.165, 1.54) is 0 Å². The van der Waals surface area contributed by atoms with E-state index < -0.39 is 23.8 Å². The lowest BCUT2D eigenvalue weighted by molar-refractivity contribution is -0.142. The van der Waals surface area contributed by atoms with Crippen molar-refractivity contribution in [1.29, 1.82) is 0 Å². The van der Waals surface area contributed by atoms with Gasteiger partial charge in [-0.25, -0.2) is 4.79 Å². The summed E-state index contributed by atoms with van der Waals surface area (Å²) in [7, 11) is 0. The monoisotopic (exact) mass is 543 g/mol. The van der Waals surface area contributed by atoms with Crippen molar-refractivity contribution in [1.82, 2.24) is 10.2 Å². The molecule has 2 unspecified atom stereocenters. The molecule has 1 fully saturated rings. The maximum absolute atomic E-state index is 14.2. The molecule has 4 rings (SSSR count). The van der Waals surface area contributed by atoms with Crippen molar-refractivity contribution >= 4 is 34.4 Å². The fraction of sp³-hybridized carbons (Fsp3) is 0.424. The van der Waals surface area contributed by atoms with Gasteiger partial charge in [-0.1, -0.05) is 75.4 Å². The minimum absolute atomic E-state index is 0.0904. The lowest BCUT2D eigenvalue weighted by Gasteiger charge is -2.36. The standard InChI is InChI=1S/C33H41N3O4/c1-7-22-12-14-24(15-13-22)29(30(37)34-26-17-16-23-10-8-9-11-25(23)20-26)36(27-18-19-27)31(38)28(21(2)3)35-32(39)40-33(4,5)6/h8-17,20-21,27-29H,7,18-19H2,1-6H3,(H,34,37)(H,35,39). The number of carbonyl (C=O) groups excluding carboxylic acids is 3. The molecular formula is C33H41N3O4. The highest BCUT2D eigenvalue weighted by Crippen LogP contribution is 2.37. The van der Waals surface area contributed by atoms with Crippen molar-refractivity contribution in [2.24, 2.45) is 5.92 Å². The minimum atomic E-state index is -0.862. The van der Waals surface area contributed by atoms with Crippen molar-refractivity contribution in [2.75, 3.05) is 5.32 Å². The molecular weight excluding hydrogens is 502 g/mol. The van der Waals surface area contributed by atoms with E-state index in [0.717, 1.165) is 41.2 Å². The van der Waals surface area contributed by atoms with Gasteiger partial charge in [0.25, 0.3) is 5.91 Å². The summed E-state index contributed by atoms with van der Waals surface area (Å²) in [5, 5.41) is 7.95. The quantitative estimate of drug-likeness (QED) is 0.317. The predicted molar refractivity (Wildman–Crippen MR) is 159 cm³/mol. The maximum atomic E-state index is 14.2. The SMILES string of the molecule is CCc1ccc(C(C(=O)Nc2ccc3ccccc3c2)N(C(=O)C(NC(=O)OC(C)(C)C)C(C)C)C2CC2)cc1. The highest BCUT2D eigenvalue weighted by atomic mass is 16.6. The Morgan fingerprint density at radius 3 is 2.17 bits per heavy atom. The van der Waals surface area contributed by atoms with Crippen LogP contribution >= 0.6 is 0 Å². The summed E-state index contributed by atoms with van der Waals surface area (Å²) in [5.74, 6) is -0.797. The predicted octanol–water partition coefficient (Wildman–Crippen LogP) is 6.62. The van der Waals surface area contributed by atoms with E-state index in [-0.39, 0.29) is 23.8 Å². The number of rotatable bonds is 9. The number of fused-ring (bicyclic) bond motifs is 1. The highest BCUT2D eigenvalue weighted by Gasteiger charge is 2.44. The molecule has 0 bridgehead atoms. The van der Waals surface area contributed by atoms with Crippen LogP contribution in [0.3, 0.4) is 0 Å². The highest BCUT2D eigenvalue weighted by molar-refractivity contribution is 6.00. The Labute approximate surface area is 237 Å². The van der Waals surface area contributed by atoms with Gasteiger partial charge in [-0.2, -0.15) is 0 Å². The second-order valence-corrected chi connectivity index (χ2v) is 11.9. The molecule has 3 aromatic rings. The molecule has 1 aliphatic rings. The molecule has 0 saturated heterocycles. The average molecular weight is 544 g/mol. The number of anilines is 1. The van der Waals surface area contributed by atoms with Crippen LogP contribution < -0.4 is 10.6 Å². The number of carbonyl (C=O) groups is 3. The van der Waals surface area contributed by atoms with Gasteiger partial charge in [-0.05, 0) is 80.0 Å². The molecule has 2 N–H and O–H groups in total. The van der Waals surface area contributed by atoms with Gasteiger partial charge in [0.15, 0.2) is 0 Å². The van der Waals surface area contributed by atoms with Crippen molar-refractivity contribution in [3.05, 3.63) is 77.9 Å². The van der Waals surface area contributed by atoms with Crippen LogP contribution in [0.2, 0.25) is 0 Å². The Morgan fingerprint density at radius 2 is 1.60 bits per heavy atom. The van der Waals surface area contributed by atoms with Gasteiger partial charge < -0.3 is 20.3 Å². The van der Waals surface area contributed by atoms with Gasteiger partial charge in [0, 0.05) is 11.7 Å². The second-order valence-electron chi connectivity index (χ2n) is 11.9. The first-order chi connectivity index (χ1) is 19.0. The molecule has 0 aliphatic heterocycles. The Bertz CT molecular complexity index is 1360. The molecule has 1 aliphatic carbocycles. The molecule has 0 heterocycles. The Kier molecular flexibility index (Phi) is 8.82. The van der Waals surface area contributed by atoms with Gasteiger partial charge in [0.1, 0.15) is 17.7 Å². The molecule has 7 nitrogen and oxygen atoms in total. The number of ether oxygens (including phenoxy) is 1. The van der Waals surface area contributed by atoms with Crippen LogP contribution in [-0.4, -0.2) is 40.5 Å². The molecule has 0 spiro atoms. The van der Waals surface area contributed by atoms with Gasteiger partial charge in [0.2, 0.25) is 5.91 Å². The molecule has 0 aromatic heterocycles. The van der Waals surface area contributed by atoms with E-state index in [2.05, 4.69) is 17.6 Å². The first-order valence-electron chi connectivity index (χ1n) is 14.2. The number of nitrogens with zero attached hydrogens (tertiary/aromatic N) is 1. The van der Waals surface area contributed by atoms with Gasteiger partial charge in [-0.15, -0.1) is 0 Å². The van der Waals surface area contributed by atoms with Gasteiger partial charge in [-0.3, -0.25) is 9.59 Å². The summed E-state index contributed by atoms with van der Waals surface area (Å²) < 4.78 is 5.46. The molecule has 1 saturated carbocycles. The van der Waals surface area contributed by atoms with Crippen LogP contribution in [0.15, 0.2) is 66.7 Å². The molecule has 212 valence electrons. The summed E-state index contributed by atoms with van der Waals surface area (Å²) in [5.41, 5.74) is 1.84. The minimum Gasteiger partial charge on any atom is -0.444 e. The zero-order valence-electron chi connectivity index (χ0n) is 24.4. The molecule has 0 radical (unpaired) electrons. The van der Waals surface area contributed by atoms with E-state index in [4.69, 9.17) is 4.74 Å². The molecule has 3 amide bonds. The number of amides is 3. The van der Waals surface area contributed by atoms with Crippen LogP contribution in [0.25, 0.3) is 10.8 Å².